The monoisotopic (exact) mass is 270 g/mol. The van der Waals surface area contributed by atoms with Crippen molar-refractivity contribution in [3.8, 4) is 5.75 Å². The highest BCUT2D eigenvalue weighted by Gasteiger charge is 2.29. The second-order valence-electron chi connectivity index (χ2n) is 5.13. The normalized spacial score (nSPS) is 17.4. The third-order valence-corrected chi connectivity index (χ3v) is 3.65. The first-order valence-electron chi connectivity index (χ1n) is 7.05. The van der Waals surface area contributed by atoms with Gasteiger partial charge in [0, 0.05) is 18.9 Å². The number of hydrogen-bond acceptors (Lipinski definition) is 3. The van der Waals surface area contributed by atoms with Crippen molar-refractivity contribution in [2.75, 3.05) is 6.61 Å². The smallest absolute Gasteiger partial charge is 0.205 e. The van der Waals surface area contributed by atoms with Crippen LogP contribution >= 0.6 is 0 Å². The van der Waals surface area contributed by atoms with Gasteiger partial charge in [0.1, 0.15) is 5.75 Å². The van der Waals surface area contributed by atoms with E-state index in [2.05, 4.69) is 11.9 Å². The Bertz CT molecular complexity index is 618. The van der Waals surface area contributed by atoms with Gasteiger partial charge in [0.25, 0.3) is 0 Å². The lowest BCUT2D eigenvalue weighted by atomic mass is 9.93. The number of aryl methyl sites for hydroxylation is 1. The minimum absolute atomic E-state index is 0.0814. The molecular weight excluding hydrogens is 252 g/mol. The van der Waals surface area contributed by atoms with Gasteiger partial charge in [-0.2, -0.15) is 0 Å². The summed E-state index contributed by atoms with van der Waals surface area (Å²) in [5, 5.41) is 0. The van der Waals surface area contributed by atoms with Crippen LogP contribution in [0.5, 0.6) is 5.75 Å². The molecule has 0 N–H and O–H groups in total. The Morgan fingerprint density at radius 1 is 1.45 bits per heavy atom. The summed E-state index contributed by atoms with van der Waals surface area (Å²) in [6, 6.07) is 7.91. The average Bonchev–Trinajstić information content (AvgIpc) is 2.94. The van der Waals surface area contributed by atoms with Gasteiger partial charge in [0.15, 0.2) is 5.82 Å². The lowest BCUT2D eigenvalue weighted by Crippen LogP contribution is -2.30. The molecule has 0 amide bonds. The number of ketones is 1. The van der Waals surface area contributed by atoms with Gasteiger partial charge in [0.2, 0.25) is 5.78 Å². The molecule has 0 bridgehead atoms. The van der Waals surface area contributed by atoms with Gasteiger partial charge in [-0.05, 0) is 24.5 Å². The number of nitrogens with zero attached hydrogens (tertiary/aromatic N) is 2. The first-order valence-corrected chi connectivity index (χ1v) is 7.05. The number of carbonyl (C=O) groups excluding carboxylic acids is 1. The van der Waals surface area contributed by atoms with Crippen LogP contribution in [-0.2, 0) is 13.0 Å². The minimum Gasteiger partial charge on any atom is -0.493 e. The molecule has 4 nitrogen and oxygen atoms in total. The summed E-state index contributed by atoms with van der Waals surface area (Å²) < 4.78 is 7.63. The van der Waals surface area contributed by atoms with Crippen LogP contribution in [0, 0.1) is 5.92 Å². The van der Waals surface area contributed by atoms with Crippen LogP contribution in [-0.4, -0.2) is 21.9 Å². The maximum absolute atomic E-state index is 12.6. The molecule has 1 aliphatic heterocycles. The van der Waals surface area contributed by atoms with Crippen LogP contribution in [0.4, 0.5) is 0 Å². The summed E-state index contributed by atoms with van der Waals surface area (Å²) in [5.41, 5.74) is 1.10. The first kappa shape index (κ1) is 12.9. The summed E-state index contributed by atoms with van der Waals surface area (Å²) in [5.74, 6) is 1.40. The molecule has 104 valence electrons. The van der Waals surface area contributed by atoms with Crippen LogP contribution < -0.4 is 4.74 Å². The highest BCUT2D eigenvalue weighted by atomic mass is 16.5. The molecule has 3 rings (SSSR count). The van der Waals surface area contributed by atoms with E-state index < -0.39 is 0 Å². The van der Waals surface area contributed by atoms with Crippen molar-refractivity contribution in [2.45, 2.75) is 26.3 Å². The fourth-order valence-electron chi connectivity index (χ4n) is 2.63. The van der Waals surface area contributed by atoms with Crippen LogP contribution in [0.3, 0.4) is 0 Å². The number of ether oxygens (including phenoxy) is 1. The second-order valence-corrected chi connectivity index (χ2v) is 5.13. The molecule has 4 heteroatoms. The third-order valence-electron chi connectivity index (χ3n) is 3.65. The molecule has 0 saturated heterocycles. The molecule has 0 spiro atoms. The van der Waals surface area contributed by atoms with E-state index >= 15 is 0 Å². The predicted octanol–water partition coefficient (Wildman–Crippen LogP) is 2.73. The molecule has 0 aliphatic carbocycles. The highest BCUT2D eigenvalue weighted by molar-refractivity contribution is 5.95. The molecule has 1 aromatic heterocycles. The molecular formula is C16H18N2O2. The topological polar surface area (TPSA) is 44.1 Å². The van der Waals surface area contributed by atoms with Gasteiger partial charge >= 0.3 is 0 Å². The Kier molecular flexibility index (Phi) is 3.54. The van der Waals surface area contributed by atoms with E-state index in [9.17, 15) is 4.79 Å². The van der Waals surface area contributed by atoms with Gasteiger partial charge in [-0.25, -0.2) is 4.98 Å². The van der Waals surface area contributed by atoms with Gasteiger partial charge in [0.05, 0.1) is 12.5 Å². The summed E-state index contributed by atoms with van der Waals surface area (Å²) in [7, 11) is 0. The summed E-state index contributed by atoms with van der Waals surface area (Å²) in [4.78, 5) is 16.8. The van der Waals surface area contributed by atoms with Crippen molar-refractivity contribution in [1.82, 2.24) is 9.55 Å². The number of Topliss-reactive ketones (excluding diaryl/α,β-unsaturated/α-hetero) is 1. The van der Waals surface area contributed by atoms with Crippen LogP contribution in [0.1, 0.15) is 29.5 Å². The van der Waals surface area contributed by atoms with E-state index in [0.29, 0.717) is 12.4 Å². The number of benzene rings is 1. The zero-order valence-electron chi connectivity index (χ0n) is 11.6. The number of para-hydroxylation sites is 1. The Morgan fingerprint density at radius 3 is 3.15 bits per heavy atom. The number of fused-ring (bicyclic) bond motifs is 1. The number of imidazole rings is 1. The van der Waals surface area contributed by atoms with Gasteiger partial charge in [-0.15, -0.1) is 0 Å². The van der Waals surface area contributed by atoms with Gasteiger partial charge in [-0.1, -0.05) is 25.1 Å². The highest BCUT2D eigenvalue weighted by Crippen LogP contribution is 2.28. The molecule has 20 heavy (non-hydrogen) atoms. The van der Waals surface area contributed by atoms with E-state index in [1.165, 1.54) is 0 Å². The molecule has 0 saturated carbocycles. The van der Waals surface area contributed by atoms with Crippen molar-refractivity contribution < 1.29 is 9.53 Å². The van der Waals surface area contributed by atoms with Gasteiger partial charge < -0.3 is 9.30 Å². The van der Waals surface area contributed by atoms with Crippen LogP contribution in [0.2, 0.25) is 0 Å². The zero-order chi connectivity index (χ0) is 13.9. The molecule has 2 aromatic rings. The number of carbonyl (C=O) groups is 1. The molecule has 1 aliphatic rings. The second kappa shape index (κ2) is 5.49. The van der Waals surface area contributed by atoms with E-state index in [4.69, 9.17) is 4.74 Å². The lowest BCUT2D eigenvalue weighted by molar-refractivity contribution is 0.0839. The first-order chi connectivity index (χ1) is 9.79. The van der Waals surface area contributed by atoms with Crippen molar-refractivity contribution in [2.24, 2.45) is 5.92 Å². The summed E-state index contributed by atoms with van der Waals surface area (Å²) >= 11 is 0. The quantitative estimate of drug-likeness (QED) is 0.802. The summed E-state index contributed by atoms with van der Waals surface area (Å²) in [6.07, 6.45) is 5.28. The SMILES string of the molecule is CCCn1ccnc1C(=O)C1COc2ccccc2C1. The third kappa shape index (κ3) is 2.33. The minimum atomic E-state index is -0.136. The van der Waals surface area contributed by atoms with Crippen molar-refractivity contribution >= 4 is 5.78 Å². The molecule has 2 heterocycles. The number of aromatic nitrogens is 2. The van der Waals surface area contributed by atoms with E-state index in [0.717, 1.165) is 30.7 Å². The standard InChI is InChI=1S/C16H18N2O2/c1-2-8-18-9-7-17-16(18)15(19)13-10-12-5-3-4-6-14(12)20-11-13/h3-7,9,13H,2,8,10-11H2,1H3. The lowest BCUT2D eigenvalue weighted by Gasteiger charge is -2.24. The fourth-order valence-corrected chi connectivity index (χ4v) is 2.63. The molecule has 1 aromatic carbocycles. The summed E-state index contributed by atoms with van der Waals surface area (Å²) in [6.45, 7) is 3.36. The molecule has 1 atom stereocenters. The van der Waals surface area contributed by atoms with Crippen LogP contribution in [0.25, 0.3) is 0 Å². The molecule has 0 fully saturated rings. The van der Waals surface area contributed by atoms with E-state index in [-0.39, 0.29) is 11.7 Å². The Balaban J connectivity index is 1.80. The van der Waals surface area contributed by atoms with E-state index in [1.807, 2.05) is 35.0 Å². The number of rotatable bonds is 4. The largest absolute Gasteiger partial charge is 0.493 e. The van der Waals surface area contributed by atoms with E-state index in [1.54, 1.807) is 6.20 Å². The maximum Gasteiger partial charge on any atom is 0.205 e. The maximum atomic E-state index is 12.6. The van der Waals surface area contributed by atoms with Crippen LogP contribution in [0.15, 0.2) is 36.7 Å². The Hall–Kier alpha value is -2.10. The van der Waals surface area contributed by atoms with Gasteiger partial charge in [-0.3, -0.25) is 4.79 Å². The number of hydrogen-bond donors (Lipinski definition) is 0. The average molecular weight is 270 g/mol. The molecule has 1 unspecified atom stereocenters. The Morgan fingerprint density at radius 2 is 2.30 bits per heavy atom. The fraction of sp³-hybridized carbons (Fsp3) is 0.375. The van der Waals surface area contributed by atoms with Crippen molar-refractivity contribution in [3.63, 3.8) is 0 Å². The Labute approximate surface area is 118 Å². The van der Waals surface area contributed by atoms with Crippen molar-refractivity contribution in [1.29, 1.82) is 0 Å². The predicted molar refractivity (Wildman–Crippen MR) is 76.0 cm³/mol. The molecule has 0 radical (unpaired) electrons. The zero-order valence-corrected chi connectivity index (χ0v) is 11.6. The van der Waals surface area contributed by atoms with Crippen molar-refractivity contribution in [3.05, 3.63) is 48.0 Å².